The second-order valence-electron chi connectivity index (χ2n) is 4.06. The van der Waals surface area contributed by atoms with E-state index in [0.29, 0.717) is 0 Å². The number of benzene rings is 1. The number of oxime groups is 1. The van der Waals surface area contributed by atoms with Crippen LogP contribution in [0.4, 0.5) is 10.3 Å². The molecule has 0 radical (unpaired) electrons. The van der Waals surface area contributed by atoms with E-state index in [1.807, 2.05) is 0 Å². The molecule has 1 aromatic heterocycles. The Labute approximate surface area is 122 Å². The van der Waals surface area contributed by atoms with E-state index in [0.717, 1.165) is 10.9 Å². The lowest BCUT2D eigenvalue weighted by atomic mass is 10.2. The molecule has 10 nitrogen and oxygen atoms in total. The molecule has 0 atom stereocenters. The van der Waals surface area contributed by atoms with Gasteiger partial charge in [-0.25, -0.2) is 9.18 Å². The van der Waals surface area contributed by atoms with E-state index in [-0.39, 0.29) is 17.8 Å². The maximum atomic E-state index is 13.3. The van der Waals surface area contributed by atoms with Crippen LogP contribution in [0.2, 0.25) is 0 Å². The van der Waals surface area contributed by atoms with Crippen LogP contribution in [0.3, 0.4) is 0 Å². The molecule has 0 N–H and O–H groups in total. The lowest BCUT2D eigenvalue weighted by molar-refractivity contribution is -0.394. The van der Waals surface area contributed by atoms with Crippen molar-refractivity contribution in [2.75, 3.05) is 0 Å². The Hall–Kier alpha value is -3.24. The standard InChI is InChI=1S/C11H9FN6O4/c1-7(6-17-14-11(13-16-17)18(20)21)15-22-10(19)8-4-2-3-5-9(8)12/h2-5H,6H2,1H3. The molecular formula is C11H9FN6O4. The molecule has 0 aliphatic carbocycles. The van der Waals surface area contributed by atoms with Crippen molar-refractivity contribution in [3.63, 3.8) is 0 Å². The summed E-state index contributed by atoms with van der Waals surface area (Å²) in [5.41, 5.74) is -0.0226. The van der Waals surface area contributed by atoms with Crippen molar-refractivity contribution in [3.8, 4) is 0 Å². The molecule has 0 saturated heterocycles. The first-order chi connectivity index (χ1) is 10.5. The van der Waals surface area contributed by atoms with Gasteiger partial charge in [-0.1, -0.05) is 22.1 Å². The van der Waals surface area contributed by atoms with Crippen molar-refractivity contribution in [2.24, 2.45) is 5.16 Å². The lowest BCUT2D eigenvalue weighted by Gasteiger charge is -2.00. The molecule has 0 spiro atoms. The largest absolute Gasteiger partial charge is 0.514 e. The molecule has 0 fully saturated rings. The third-order valence-electron chi connectivity index (χ3n) is 2.35. The van der Waals surface area contributed by atoms with Gasteiger partial charge in [-0.05, 0) is 24.0 Å². The third kappa shape index (κ3) is 3.65. The van der Waals surface area contributed by atoms with Gasteiger partial charge in [-0.3, -0.25) is 0 Å². The zero-order valence-corrected chi connectivity index (χ0v) is 11.2. The van der Waals surface area contributed by atoms with Crippen molar-refractivity contribution in [1.82, 2.24) is 20.2 Å². The molecule has 114 valence electrons. The summed E-state index contributed by atoms with van der Waals surface area (Å²) in [7, 11) is 0. The third-order valence-corrected chi connectivity index (χ3v) is 2.35. The molecule has 0 bridgehead atoms. The molecule has 0 unspecified atom stereocenters. The average Bonchev–Trinajstić information content (AvgIpc) is 2.94. The van der Waals surface area contributed by atoms with Crippen molar-refractivity contribution >= 4 is 17.6 Å². The summed E-state index contributed by atoms with van der Waals surface area (Å²) in [5, 5.41) is 24.0. The molecule has 0 aliphatic rings. The number of aromatic nitrogens is 4. The topological polar surface area (TPSA) is 125 Å². The van der Waals surface area contributed by atoms with Crippen molar-refractivity contribution in [1.29, 1.82) is 0 Å². The summed E-state index contributed by atoms with van der Waals surface area (Å²) in [6.07, 6.45) is 0. The number of hydrogen-bond acceptors (Lipinski definition) is 8. The number of hydrogen-bond donors (Lipinski definition) is 0. The van der Waals surface area contributed by atoms with Gasteiger partial charge in [0.1, 0.15) is 12.4 Å². The number of nitrogens with zero attached hydrogens (tertiary/aromatic N) is 6. The predicted molar refractivity (Wildman–Crippen MR) is 69.4 cm³/mol. The molecule has 2 aromatic rings. The Kier molecular flexibility index (Phi) is 4.46. The van der Waals surface area contributed by atoms with Crippen LogP contribution in [-0.4, -0.2) is 36.8 Å². The molecule has 0 amide bonds. The number of rotatable bonds is 5. The van der Waals surface area contributed by atoms with Crippen LogP contribution in [0.25, 0.3) is 0 Å². The molecule has 11 heteroatoms. The number of nitro groups is 1. The quantitative estimate of drug-likeness (QED) is 0.348. The fourth-order valence-electron chi connectivity index (χ4n) is 1.40. The Morgan fingerprint density at radius 1 is 1.50 bits per heavy atom. The maximum Gasteiger partial charge on any atom is 0.514 e. The van der Waals surface area contributed by atoms with Crippen LogP contribution < -0.4 is 0 Å². The monoisotopic (exact) mass is 308 g/mol. The van der Waals surface area contributed by atoms with Gasteiger partial charge in [0.25, 0.3) is 0 Å². The minimum absolute atomic E-state index is 0.0780. The SMILES string of the molecule is CC(Cn1nnc([N+](=O)[O-])n1)=NOC(=O)c1ccccc1F. The molecular weight excluding hydrogens is 299 g/mol. The maximum absolute atomic E-state index is 13.3. The minimum Gasteiger partial charge on any atom is -0.390 e. The second kappa shape index (κ2) is 6.47. The summed E-state index contributed by atoms with van der Waals surface area (Å²) in [4.78, 5) is 26.7. The van der Waals surface area contributed by atoms with Gasteiger partial charge in [0, 0.05) is 5.21 Å². The highest BCUT2D eigenvalue weighted by Gasteiger charge is 2.16. The van der Waals surface area contributed by atoms with E-state index in [1.54, 1.807) is 0 Å². The highest BCUT2D eigenvalue weighted by Crippen LogP contribution is 2.08. The second-order valence-corrected chi connectivity index (χ2v) is 4.06. The van der Waals surface area contributed by atoms with Gasteiger partial charge >= 0.3 is 11.9 Å². The first-order valence-electron chi connectivity index (χ1n) is 5.89. The molecule has 2 rings (SSSR count). The lowest BCUT2D eigenvalue weighted by Crippen LogP contribution is -2.12. The zero-order chi connectivity index (χ0) is 16.1. The van der Waals surface area contributed by atoms with Gasteiger partial charge in [0.15, 0.2) is 0 Å². The van der Waals surface area contributed by atoms with Crippen LogP contribution in [-0.2, 0) is 11.4 Å². The van der Waals surface area contributed by atoms with Gasteiger partial charge in [-0.15, -0.1) is 0 Å². The molecule has 22 heavy (non-hydrogen) atoms. The molecule has 1 heterocycles. The fraction of sp³-hybridized carbons (Fsp3) is 0.182. The predicted octanol–water partition coefficient (Wildman–Crippen LogP) is 0.953. The first kappa shape index (κ1) is 15.2. The van der Waals surface area contributed by atoms with E-state index < -0.39 is 22.7 Å². The minimum atomic E-state index is -0.963. The van der Waals surface area contributed by atoms with Crippen LogP contribution in [0.15, 0.2) is 29.4 Å². The number of carbonyl (C=O) groups excluding carboxylic acids is 1. The van der Waals surface area contributed by atoms with E-state index in [2.05, 4.69) is 25.4 Å². The van der Waals surface area contributed by atoms with Gasteiger partial charge < -0.3 is 15.0 Å². The summed E-state index contributed by atoms with van der Waals surface area (Å²) < 4.78 is 13.3. The smallest absolute Gasteiger partial charge is 0.390 e. The van der Waals surface area contributed by atoms with Gasteiger partial charge in [0.2, 0.25) is 0 Å². The van der Waals surface area contributed by atoms with E-state index in [4.69, 9.17) is 0 Å². The summed E-state index contributed by atoms with van der Waals surface area (Å²) >= 11 is 0. The molecule has 0 aliphatic heterocycles. The van der Waals surface area contributed by atoms with Crippen molar-refractivity contribution in [2.45, 2.75) is 13.5 Å². The van der Waals surface area contributed by atoms with E-state index in [1.165, 1.54) is 25.1 Å². The van der Waals surface area contributed by atoms with Crippen molar-refractivity contribution < 1.29 is 18.9 Å². The van der Waals surface area contributed by atoms with Crippen LogP contribution in [0, 0.1) is 15.9 Å². The van der Waals surface area contributed by atoms with Crippen LogP contribution >= 0.6 is 0 Å². The Bertz CT molecular complexity index is 744. The Balaban J connectivity index is 1.99. The Morgan fingerprint density at radius 3 is 2.86 bits per heavy atom. The van der Waals surface area contributed by atoms with Crippen LogP contribution in [0.5, 0.6) is 0 Å². The highest BCUT2D eigenvalue weighted by atomic mass is 19.1. The normalized spacial score (nSPS) is 11.3. The van der Waals surface area contributed by atoms with Crippen LogP contribution in [0.1, 0.15) is 17.3 Å². The van der Waals surface area contributed by atoms with Gasteiger partial charge in [-0.2, -0.15) is 0 Å². The van der Waals surface area contributed by atoms with E-state index in [9.17, 15) is 19.3 Å². The summed E-state index contributed by atoms with van der Waals surface area (Å²) in [5.74, 6) is -2.35. The number of tetrazole rings is 1. The average molecular weight is 308 g/mol. The Morgan fingerprint density at radius 2 is 2.23 bits per heavy atom. The molecule has 0 saturated carbocycles. The summed E-state index contributed by atoms with van der Waals surface area (Å²) in [6, 6.07) is 5.29. The number of halogens is 1. The van der Waals surface area contributed by atoms with E-state index >= 15 is 0 Å². The van der Waals surface area contributed by atoms with Crippen molar-refractivity contribution in [3.05, 3.63) is 45.8 Å². The first-order valence-corrected chi connectivity index (χ1v) is 5.89. The fourth-order valence-corrected chi connectivity index (χ4v) is 1.40. The summed E-state index contributed by atoms with van der Waals surface area (Å²) in [6.45, 7) is 1.40. The van der Waals surface area contributed by atoms with Gasteiger partial charge in [0.05, 0.1) is 21.5 Å². The number of carbonyl (C=O) groups is 1. The molecule has 1 aromatic carbocycles. The highest BCUT2D eigenvalue weighted by molar-refractivity contribution is 5.90. The zero-order valence-electron chi connectivity index (χ0n) is 11.2.